The van der Waals surface area contributed by atoms with Gasteiger partial charge in [0.2, 0.25) is 12.7 Å². The predicted molar refractivity (Wildman–Crippen MR) is 138 cm³/mol. The van der Waals surface area contributed by atoms with Crippen molar-refractivity contribution >= 4 is 34.7 Å². The quantitative estimate of drug-likeness (QED) is 0.326. The molecule has 3 aromatic rings. The number of rotatable bonds is 5. The number of thiophene rings is 1. The average molecular weight is 534 g/mol. The summed E-state index contributed by atoms with van der Waals surface area (Å²) in [6.07, 6.45) is 0.129. The second kappa shape index (κ2) is 9.72. The van der Waals surface area contributed by atoms with E-state index in [0.29, 0.717) is 28.3 Å². The van der Waals surface area contributed by atoms with Crippen LogP contribution in [0, 0.1) is 11.7 Å². The number of halogens is 1. The zero-order chi connectivity index (χ0) is 26.4. The van der Waals surface area contributed by atoms with Gasteiger partial charge in [-0.05, 0) is 54.6 Å². The fraction of sp³-hybridized carbons (Fsp3) is 0.276. The van der Waals surface area contributed by atoms with Crippen LogP contribution in [0.25, 0.3) is 0 Å². The van der Waals surface area contributed by atoms with Gasteiger partial charge < -0.3 is 14.2 Å². The molecule has 0 spiro atoms. The lowest BCUT2D eigenvalue weighted by atomic mass is 9.69. The molecule has 7 nitrogen and oxygen atoms in total. The Bertz CT molecular complexity index is 1470. The molecule has 0 saturated carbocycles. The molecule has 1 aliphatic carbocycles. The molecule has 0 N–H and O–H groups in total. The van der Waals surface area contributed by atoms with E-state index in [-0.39, 0.29) is 37.8 Å². The van der Waals surface area contributed by atoms with Gasteiger partial charge in [-0.1, -0.05) is 24.3 Å². The fourth-order valence-electron chi connectivity index (χ4n) is 5.63. The Morgan fingerprint density at radius 1 is 1.08 bits per heavy atom. The maximum atomic E-state index is 15.0. The van der Waals surface area contributed by atoms with Crippen molar-refractivity contribution in [2.75, 3.05) is 18.3 Å². The summed E-state index contributed by atoms with van der Waals surface area (Å²) >= 11 is 1.43. The van der Waals surface area contributed by atoms with Crippen molar-refractivity contribution in [2.45, 2.75) is 31.6 Å². The Morgan fingerprint density at radius 2 is 1.89 bits per heavy atom. The number of hydrogen-bond donors (Lipinski definition) is 0. The van der Waals surface area contributed by atoms with Gasteiger partial charge in [0.1, 0.15) is 11.7 Å². The largest absolute Gasteiger partial charge is 0.465 e. The van der Waals surface area contributed by atoms with Crippen molar-refractivity contribution < 1.29 is 33.0 Å². The van der Waals surface area contributed by atoms with Gasteiger partial charge in [0.05, 0.1) is 12.3 Å². The monoisotopic (exact) mass is 533 g/mol. The molecule has 0 bridgehead atoms. The van der Waals surface area contributed by atoms with Crippen molar-refractivity contribution in [1.29, 1.82) is 0 Å². The number of ether oxygens (including phenoxy) is 3. The minimum atomic E-state index is -1.07. The summed E-state index contributed by atoms with van der Waals surface area (Å²) in [6.45, 7) is 1.92. The molecule has 1 aromatic heterocycles. The number of para-hydroxylation sites is 1. The molecule has 1 amide bonds. The van der Waals surface area contributed by atoms with Gasteiger partial charge in [-0.2, -0.15) is 0 Å². The minimum absolute atomic E-state index is 0.0717. The van der Waals surface area contributed by atoms with E-state index in [4.69, 9.17) is 14.2 Å². The van der Waals surface area contributed by atoms with Gasteiger partial charge in [-0.3, -0.25) is 19.3 Å². The van der Waals surface area contributed by atoms with Crippen LogP contribution in [-0.4, -0.2) is 31.1 Å². The van der Waals surface area contributed by atoms with Crippen molar-refractivity contribution in [3.05, 3.63) is 87.5 Å². The van der Waals surface area contributed by atoms with Gasteiger partial charge in [0.25, 0.3) is 0 Å². The van der Waals surface area contributed by atoms with Crippen molar-refractivity contribution in [1.82, 2.24) is 0 Å². The summed E-state index contributed by atoms with van der Waals surface area (Å²) in [5.41, 5.74) is 1.52. The molecule has 0 unspecified atom stereocenters. The maximum absolute atomic E-state index is 15.0. The minimum Gasteiger partial charge on any atom is -0.465 e. The number of carbonyl (C=O) groups is 3. The number of allylic oxidation sites excluding steroid dienone is 2. The van der Waals surface area contributed by atoms with Gasteiger partial charge >= 0.3 is 5.97 Å². The zero-order valence-corrected chi connectivity index (χ0v) is 21.3. The van der Waals surface area contributed by atoms with Gasteiger partial charge in [0.15, 0.2) is 17.3 Å². The molecule has 3 heterocycles. The van der Waals surface area contributed by atoms with Crippen LogP contribution in [0.2, 0.25) is 0 Å². The highest BCUT2D eigenvalue weighted by molar-refractivity contribution is 7.10. The Kier molecular flexibility index (Phi) is 6.23. The van der Waals surface area contributed by atoms with Crippen LogP contribution in [0.3, 0.4) is 0 Å². The van der Waals surface area contributed by atoms with Crippen LogP contribution >= 0.6 is 11.3 Å². The number of hydrogen-bond acceptors (Lipinski definition) is 7. The van der Waals surface area contributed by atoms with E-state index >= 15 is 4.39 Å². The number of Topliss-reactive ketones (excluding diaryl/α,β-unsaturated/α-hetero) is 1. The number of esters is 1. The molecule has 3 atom stereocenters. The Morgan fingerprint density at radius 3 is 2.66 bits per heavy atom. The highest BCUT2D eigenvalue weighted by atomic mass is 32.1. The second-order valence-corrected chi connectivity index (χ2v) is 10.3. The smallest absolute Gasteiger partial charge is 0.317 e. The normalized spacial score (nSPS) is 22.5. The summed E-state index contributed by atoms with van der Waals surface area (Å²) in [5.74, 6) is -3.04. The highest BCUT2D eigenvalue weighted by Gasteiger charge is 2.50. The third kappa shape index (κ3) is 3.98. The average Bonchev–Trinajstić information content (AvgIpc) is 3.61. The topological polar surface area (TPSA) is 82.1 Å². The second-order valence-electron chi connectivity index (χ2n) is 9.33. The lowest BCUT2D eigenvalue weighted by Gasteiger charge is -2.42. The number of fused-ring (bicyclic) bond motifs is 1. The number of anilines is 1. The number of ketones is 1. The predicted octanol–water partition coefficient (Wildman–Crippen LogP) is 5.33. The van der Waals surface area contributed by atoms with Crippen LogP contribution in [0.15, 0.2) is 71.2 Å². The lowest BCUT2D eigenvalue weighted by molar-refractivity contribution is -0.152. The molecule has 194 valence electrons. The van der Waals surface area contributed by atoms with Crippen molar-refractivity contribution in [3.63, 3.8) is 0 Å². The van der Waals surface area contributed by atoms with E-state index in [2.05, 4.69) is 0 Å². The molecular weight excluding hydrogens is 509 g/mol. The first-order chi connectivity index (χ1) is 18.5. The number of nitrogens with zero attached hydrogens (tertiary/aromatic N) is 1. The summed E-state index contributed by atoms with van der Waals surface area (Å²) < 4.78 is 31.4. The molecule has 0 saturated heterocycles. The first-order valence-corrected chi connectivity index (χ1v) is 13.3. The van der Waals surface area contributed by atoms with Crippen LogP contribution in [-0.2, 0) is 19.1 Å². The van der Waals surface area contributed by atoms with Crippen molar-refractivity contribution in [3.8, 4) is 11.5 Å². The lowest BCUT2D eigenvalue weighted by Crippen LogP contribution is -2.46. The Balaban J connectivity index is 1.55. The van der Waals surface area contributed by atoms with E-state index in [1.165, 1.54) is 28.4 Å². The standard InChI is InChI=1S/C29H24FNO6S/c1-2-35-29(34)27-18(24-8-5-11-38-24)13-21-26(28(27)33)17(16-9-10-22-23(12-16)37-15-36-22)14-25(32)31(21)20-7-4-3-6-19(20)30/h3-12,17-18,27H,2,13-15H2,1H3/t17-,18-,27-/m0/s1. The molecule has 3 aliphatic rings. The van der Waals surface area contributed by atoms with Gasteiger partial charge in [-0.25, -0.2) is 4.39 Å². The van der Waals surface area contributed by atoms with E-state index in [1.807, 2.05) is 17.5 Å². The fourth-order valence-corrected chi connectivity index (χ4v) is 6.49. The summed E-state index contributed by atoms with van der Waals surface area (Å²) in [4.78, 5) is 43.4. The molecular formula is C29H24FNO6S. The SMILES string of the molecule is CCOC(=O)[C@@H]1C(=O)C2=C(C[C@H]1c1cccs1)N(c1ccccc1F)C(=O)C[C@H]2c1ccc2c(c1)OCO2. The summed E-state index contributed by atoms with van der Waals surface area (Å²) in [7, 11) is 0. The Hall–Kier alpha value is -3.98. The van der Waals surface area contributed by atoms with Crippen LogP contribution in [0.5, 0.6) is 11.5 Å². The van der Waals surface area contributed by atoms with Crippen LogP contribution in [0.4, 0.5) is 10.1 Å². The first-order valence-electron chi connectivity index (χ1n) is 12.4. The Labute approximate surface area is 222 Å². The number of amides is 1. The molecule has 2 aliphatic heterocycles. The third-order valence-corrected chi connectivity index (χ3v) is 8.27. The molecule has 9 heteroatoms. The molecule has 2 aromatic carbocycles. The maximum Gasteiger partial charge on any atom is 0.317 e. The number of carbonyl (C=O) groups excluding carboxylic acids is 3. The van der Waals surface area contributed by atoms with Gasteiger partial charge in [-0.15, -0.1) is 11.3 Å². The summed E-state index contributed by atoms with van der Waals surface area (Å²) in [5, 5.41) is 1.88. The number of benzene rings is 2. The highest BCUT2D eigenvalue weighted by Crippen LogP contribution is 2.51. The van der Waals surface area contributed by atoms with E-state index < -0.39 is 35.3 Å². The van der Waals surface area contributed by atoms with E-state index in [9.17, 15) is 14.4 Å². The third-order valence-electron chi connectivity index (χ3n) is 7.26. The molecule has 6 rings (SSSR count). The zero-order valence-electron chi connectivity index (χ0n) is 20.5. The van der Waals surface area contributed by atoms with E-state index in [1.54, 1.807) is 37.3 Å². The van der Waals surface area contributed by atoms with Gasteiger partial charge in [0, 0.05) is 34.4 Å². The molecule has 0 radical (unpaired) electrons. The van der Waals surface area contributed by atoms with Crippen LogP contribution in [0.1, 0.15) is 42.0 Å². The van der Waals surface area contributed by atoms with Crippen molar-refractivity contribution in [2.24, 2.45) is 5.92 Å². The summed E-state index contributed by atoms with van der Waals surface area (Å²) in [6, 6.07) is 15.1. The first kappa shape index (κ1) is 24.4. The van der Waals surface area contributed by atoms with E-state index in [0.717, 1.165) is 4.88 Å². The molecule has 0 fully saturated rings. The van der Waals surface area contributed by atoms with Crippen LogP contribution < -0.4 is 14.4 Å². The molecule has 38 heavy (non-hydrogen) atoms.